The van der Waals surface area contributed by atoms with E-state index in [1.807, 2.05) is 24.3 Å². The lowest BCUT2D eigenvalue weighted by atomic mass is 9.85. The number of carbonyl (C=O) groups is 1. The molecule has 0 spiro atoms. The molecule has 0 saturated carbocycles. The number of methoxy groups -OCH3 is 3. The van der Waals surface area contributed by atoms with E-state index < -0.39 is 11.6 Å². The standard InChI is InChI=1S/C23H22N2O5S/c1-28-18-7-5-4-6-15(18)16-11-21(26)25-22(17(16)12-24)31-13-23(25,27)14-8-9-19(29-2)20(10-14)30-3/h4-10,16,27H,11,13H2,1-3H3/t16-,23-/m1/s1. The summed E-state index contributed by atoms with van der Waals surface area (Å²) in [5.74, 6) is 1.11. The number of benzene rings is 2. The first-order chi connectivity index (χ1) is 15.0. The van der Waals surface area contributed by atoms with Crippen LogP contribution in [0.3, 0.4) is 0 Å². The van der Waals surface area contributed by atoms with Crippen LogP contribution in [-0.4, -0.2) is 43.0 Å². The Labute approximate surface area is 184 Å². The summed E-state index contributed by atoms with van der Waals surface area (Å²) in [6.45, 7) is 0. The molecule has 1 amide bonds. The van der Waals surface area contributed by atoms with Crippen LogP contribution in [0.2, 0.25) is 0 Å². The zero-order valence-corrected chi connectivity index (χ0v) is 18.2. The number of allylic oxidation sites excluding steroid dienone is 1. The number of ether oxygens (including phenoxy) is 3. The summed E-state index contributed by atoms with van der Waals surface area (Å²) in [5, 5.41) is 22.1. The second-order valence-electron chi connectivity index (χ2n) is 7.23. The average molecular weight is 439 g/mol. The van der Waals surface area contributed by atoms with Crippen LogP contribution >= 0.6 is 11.8 Å². The Morgan fingerprint density at radius 3 is 2.48 bits per heavy atom. The monoisotopic (exact) mass is 438 g/mol. The van der Waals surface area contributed by atoms with E-state index in [1.54, 1.807) is 25.3 Å². The number of para-hydroxylation sites is 1. The van der Waals surface area contributed by atoms with Crippen molar-refractivity contribution in [1.29, 1.82) is 5.26 Å². The van der Waals surface area contributed by atoms with E-state index in [0.717, 1.165) is 5.56 Å². The topological polar surface area (TPSA) is 92.0 Å². The van der Waals surface area contributed by atoms with Crippen LogP contribution in [-0.2, 0) is 10.5 Å². The van der Waals surface area contributed by atoms with E-state index in [2.05, 4.69) is 6.07 Å². The maximum absolute atomic E-state index is 13.3. The van der Waals surface area contributed by atoms with E-state index in [4.69, 9.17) is 14.2 Å². The van der Waals surface area contributed by atoms with Gasteiger partial charge in [0.1, 0.15) is 5.75 Å². The normalized spacial score (nSPS) is 22.7. The molecule has 0 aliphatic carbocycles. The van der Waals surface area contributed by atoms with Gasteiger partial charge in [-0.3, -0.25) is 9.69 Å². The Balaban J connectivity index is 1.81. The van der Waals surface area contributed by atoms with Crippen LogP contribution in [0, 0.1) is 11.3 Å². The minimum Gasteiger partial charge on any atom is -0.496 e. The third kappa shape index (κ3) is 3.30. The van der Waals surface area contributed by atoms with E-state index in [0.29, 0.717) is 33.4 Å². The zero-order chi connectivity index (χ0) is 22.2. The Bertz CT molecular complexity index is 1110. The number of fused-ring (bicyclic) bond motifs is 1. The molecule has 0 aromatic heterocycles. The molecule has 8 heteroatoms. The molecule has 2 aromatic rings. The molecule has 1 N–H and O–H groups in total. The Hall–Kier alpha value is -3.15. The fraction of sp³-hybridized carbons (Fsp3) is 0.304. The van der Waals surface area contributed by atoms with Gasteiger partial charge in [-0.1, -0.05) is 24.3 Å². The van der Waals surface area contributed by atoms with Crippen molar-refractivity contribution < 1.29 is 24.1 Å². The van der Waals surface area contributed by atoms with Crippen molar-refractivity contribution in [1.82, 2.24) is 4.90 Å². The van der Waals surface area contributed by atoms with Crippen molar-refractivity contribution in [2.75, 3.05) is 27.1 Å². The molecule has 2 aliphatic rings. The lowest BCUT2D eigenvalue weighted by Crippen LogP contribution is -2.48. The van der Waals surface area contributed by atoms with E-state index >= 15 is 0 Å². The van der Waals surface area contributed by atoms with Crippen LogP contribution in [0.1, 0.15) is 23.5 Å². The van der Waals surface area contributed by atoms with Gasteiger partial charge >= 0.3 is 0 Å². The minimum absolute atomic E-state index is 0.0585. The van der Waals surface area contributed by atoms with Crippen molar-refractivity contribution >= 4 is 17.7 Å². The molecule has 1 saturated heterocycles. The second kappa shape index (κ2) is 8.17. The number of hydrogen-bond donors (Lipinski definition) is 1. The second-order valence-corrected chi connectivity index (χ2v) is 8.20. The summed E-state index contributed by atoms with van der Waals surface area (Å²) in [5.41, 5.74) is 0.133. The number of nitriles is 1. The molecule has 0 unspecified atom stereocenters. The number of aliphatic hydroxyl groups is 1. The first kappa shape index (κ1) is 21.1. The lowest BCUT2D eigenvalue weighted by molar-refractivity contribution is -0.149. The Kier molecular flexibility index (Phi) is 5.56. The number of carbonyl (C=O) groups excluding carboxylic acids is 1. The minimum atomic E-state index is -1.59. The molecule has 2 aromatic carbocycles. The molecule has 1 fully saturated rings. The smallest absolute Gasteiger partial charge is 0.231 e. The van der Waals surface area contributed by atoms with Crippen LogP contribution in [0.4, 0.5) is 0 Å². The number of amides is 1. The Morgan fingerprint density at radius 1 is 1.10 bits per heavy atom. The molecular formula is C23H22N2O5S. The number of thioether (sulfide) groups is 1. The van der Waals surface area contributed by atoms with Crippen LogP contribution in [0.15, 0.2) is 53.1 Å². The highest BCUT2D eigenvalue weighted by Gasteiger charge is 2.52. The highest BCUT2D eigenvalue weighted by Crippen LogP contribution is 2.53. The van der Waals surface area contributed by atoms with Gasteiger partial charge in [0.25, 0.3) is 0 Å². The molecule has 4 rings (SSSR count). The summed E-state index contributed by atoms with van der Waals surface area (Å²) in [6.07, 6.45) is 0.0585. The molecule has 2 atom stereocenters. The van der Waals surface area contributed by atoms with Gasteiger partial charge in [-0.25, -0.2) is 0 Å². The van der Waals surface area contributed by atoms with Gasteiger partial charge in [0.15, 0.2) is 17.2 Å². The molecule has 2 aliphatic heterocycles. The van der Waals surface area contributed by atoms with E-state index in [1.165, 1.54) is 30.9 Å². The number of nitrogens with zero attached hydrogens (tertiary/aromatic N) is 2. The zero-order valence-electron chi connectivity index (χ0n) is 17.4. The van der Waals surface area contributed by atoms with Gasteiger partial charge in [0.2, 0.25) is 5.91 Å². The first-order valence-corrected chi connectivity index (χ1v) is 10.6. The van der Waals surface area contributed by atoms with Crippen molar-refractivity contribution in [3.8, 4) is 23.3 Å². The fourth-order valence-electron chi connectivity index (χ4n) is 4.14. The van der Waals surface area contributed by atoms with Crippen LogP contribution in [0.5, 0.6) is 17.2 Å². The largest absolute Gasteiger partial charge is 0.496 e. The van der Waals surface area contributed by atoms with Crippen LogP contribution in [0.25, 0.3) is 0 Å². The molecular weight excluding hydrogens is 416 g/mol. The third-order valence-electron chi connectivity index (χ3n) is 5.67. The molecule has 160 valence electrons. The summed E-state index contributed by atoms with van der Waals surface area (Å²) < 4.78 is 16.1. The maximum Gasteiger partial charge on any atom is 0.231 e. The predicted octanol–water partition coefficient (Wildman–Crippen LogP) is 3.36. The summed E-state index contributed by atoms with van der Waals surface area (Å²) in [7, 11) is 4.61. The number of rotatable bonds is 5. The first-order valence-electron chi connectivity index (χ1n) is 9.66. The summed E-state index contributed by atoms with van der Waals surface area (Å²) in [4.78, 5) is 14.6. The molecule has 2 heterocycles. The fourth-order valence-corrected chi connectivity index (χ4v) is 5.50. The summed E-state index contributed by atoms with van der Waals surface area (Å²) in [6, 6.07) is 14.7. The van der Waals surface area contributed by atoms with Crippen LogP contribution < -0.4 is 14.2 Å². The van der Waals surface area contributed by atoms with Gasteiger partial charge in [-0.05, 0) is 18.2 Å². The van der Waals surface area contributed by atoms with Crippen molar-refractivity contribution in [3.63, 3.8) is 0 Å². The lowest BCUT2D eigenvalue weighted by Gasteiger charge is -2.38. The predicted molar refractivity (Wildman–Crippen MR) is 116 cm³/mol. The number of hydrogen-bond acceptors (Lipinski definition) is 7. The maximum atomic E-state index is 13.3. The van der Waals surface area contributed by atoms with Crippen molar-refractivity contribution in [2.24, 2.45) is 0 Å². The van der Waals surface area contributed by atoms with Gasteiger partial charge in [0.05, 0.1) is 43.8 Å². The molecule has 31 heavy (non-hydrogen) atoms. The van der Waals surface area contributed by atoms with Gasteiger partial charge in [-0.15, -0.1) is 11.8 Å². The van der Waals surface area contributed by atoms with Gasteiger partial charge < -0.3 is 19.3 Å². The van der Waals surface area contributed by atoms with E-state index in [-0.39, 0.29) is 18.1 Å². The quantitative estimate of drug-likeness (QED) is 0.765. The van der Waals surface area contributed by atoms with Crippen molar-refractivity contribution in [2.45, 2.75) is 18.1 Å². The molecule has 0 bridgehead atoms. The van der Waals surface area contributed by atoms with Gasteiger partial charge in [-0.2, -0.15) is 5.26 Å². The van der Waals surface area contributed by atoms with Gasteiger partial charge in [0, 0.05) is 23.5 Å². The molecule has 7 nitrogen and oxygen atoms in total. The highest BCUT2D eigenvalue weighted by molar-refractivity contribution is 8.03. The molecule has 0 radical (unpaired) electrons. The third-order valence-corrected chi connectivity index (χ3v) is 6.89. The SMILES string of the molecule is COc1ccc([C@]2(O)CSC3=C(C#N)[C@@H](c4ccccc4OC)CC(=O)N32)cc1OC. The Morgan fingerprint density at radius 2 is 1.81 bits per heavy atom. The summed E-state index contributed by atoms with van der Waals surface area (Å²) >= 11 is 1.30. The highest BCUT2D eigenvalue weighted by atomic mass is 32.2. The average Bonchev–Trinajstić information content (AvgIpc) is 3.17. The van der Waals surface area contributed by atoms with Crippen molar-refractivity contribution in [3.05, 3.63) is 64.2 Å². The van der Waals surface area contributed by atoms with E-state index in [9.17, 15) is 15.2 Å².